The molecule has 2 heterocycles. The molecule has 3 heteroatoms. The number of nitrogens with zero attached hydrogens (tertiary/aromatic N) is 2. The molecule has 2 aromatic heterocycles. The van der Waals surface area contributed by atoms with Crippen LogP contribution in [0.4, 0.5) is 0 Å². The first-order valence-corrected chi connectivity index (χ1v) is 11.9. The topological polar surface area (TPSA) is 17.8 Å². The van der Waals surface area contributed by atoms with Crippen LogP contribution in [0.2, 0.25) is 0 Å². The van der Waals surface area contributed by atoms with Gasteiger partial charge in [0.25, 0.3) is 0 Å². The van der Waals surface area contributed by atoms with Crippen molar-refractivity contribution in [1.82, 2.24) is 9.55 Å². The zero-order valence-electron chi connectivity index (χ0n) is 21.5. The lowest BCUT2D eigenvalue weighted by molar-refractivity contribution is 1.10. The predicted molar refractivity (Wildman–Crippen MR) is 142 cm³/mol. The number of aryl methyl sites for hydroxylation is 3. The number of aromatic nitrogens is 2. The Balaban J connectivity index is 1.61. The molecule has 0 spiro atoms. The van der Waals surface area contributed by atoms with E-state index in [9.17, 15) is 0 Å². The van der Waals surface area contributed by atoms with Gasteiger partial charge in [-0.15, -0.1) is 11.3 Å². The molecule has 0 aliphatic heterocycles. The highest BCUT2D eigenvalue weighted by Crippen LogP contribution is 2.38. The fourth-order valence-corrected chi connectivity index (χ4v) is 5.72. The minimum absolute atomic E-state index is 0.344. The Kier molecular flexibility index (Phi) is 3.95. The first-order valence-electron chi connectivity index (χ1n) is 12.5. The van der Waals surface area contributed by atoms with Crippen LogP contribution in [-0.2, 0) is 0 Å². The first-order chi connectivity index (χ1) is 17.3. The molecule has 0 atom stereocenters. The van der Waals surface area contributed by atoms with Gasteiger partial charge in [-0.05, 0) is 79.4 Å². The molecule has 0 saturated carbocycles. The molecule has 0 unspecified atom stereocenters. The molecule has 0 aliphatic rings. The summed E-state index contributed by atoms with van der Waals surface area (Å²) in [5.74, 6) is 0.816. The summed E-state index contributed by atoms with van der Waals surface area (Å²) in [5, 5.41) is 3.00. The summed E-state index contributed by atoms with van der Waals surface area (Å²) in [6.07, 6.45) is 0. The van der Waals surface area contributed by atoms with Crippen molar-refractivity contribution in [3.63, 3.8) is 0 Å². The molecule has 6 rings (SSSR count). The van der Waals surface area contributed by atoms with Crippen molar-refractivity contribution in [3.05, 3.63) is 107 Å². The molecule has 160 valence electrons. The van der Waals surface area contributed by atoms with Crippen LogP contribution in [0.25, 0.3) is 49.3 Å². The van der Waals surface area contributed by atoms with E-state index in [1.54, 1.807) is 23.5 Å². The van der Waals surface area contributed by atoms with Gasteiger partial charge in [0.05, 0.1) is 11.0 Å². The Labute approximate surface area is 202 Å². The summed E-state index contributed by atoms with van der Waals surface area (Å²) in [7, 11) is 0. The van der Waals surface area contributed by atoms with Crippen LogP contribution in [0, 0.1) is 20.7 Å². The summed E-state index contributed by atoms with van der Waals surface area (Å²) in [6, 6.07) is 28.4. The third-order valence-electron chi connectivity index (χ3n) is 6.21. The van der Waals surface area contributed by atoms with Crippen LogP contribution >= 0.6 is 11.3 Å². The smallest absolute Gasteiger partial charge is 0.147 e. The van der Waals surface area contributed by atoms with Crippen LogP contribution in [0.1, 0.15) is 20.8 Å². The molecule has 4 aromatic carbocycles. The highest BCUT2D eigenvalue weighted by Gasteiger charge is 2.19. The Morgan fingerprint density at radius 2 is 1.61 bits per heavy atom. The molecule has 0 amide bonds. The molecule has 33 heavy (non-hydrogen) atoms. The number of rotatable bonds is 3. The zero-order chi connectivity index (χ0) is 25.0. The minimum Gasteiger partial charge on any atom is -0.292 e. The lowest BCUT2D eigenvalue weighted by atomic mass is 9.95. The van der Waals surface area contributed by atoms with Gasteiger partial charge in [-0.2, -0.15) is 0 Å². The summed E-state index contributed by atoms with van der Waals surface area (Å²) in [5.41, 5.74) is 9.09. The van der Waals surface area contributed by atoms with Gasteiger partial charge in [0.1, 0.15) is 5.82 Å². The van der Waals surface area contributed by atoms with Crippen LogP contribution in [0.5, 0.6) is 0 Å². The van der Waals surface area contributed by atoms with Gasteiger partial charge in [0, 0.05) is 30.8 Å². The Hall–Kier alpha value is -3.69. The van der Waals surface area contributed by atoms with Crippen molar-refractivity contribution in [3.8, 4) is 28.2 Å². The molecule has 0 N–H and O–H groups in total. The van der Waals surface area contributed by atoms with E-state index in [2.05, 4.69) is 66.3 Å². The standard InChI is InChI=1S/C30H24N2S/c1-19-13-14-28-24(15-19)25(18-33-28)30-31-26-11-7-8-12-27(26)32(30)23-16-20(2)29(21(3)17-23)22-9-5-4-6-10-22/h4-18H,1-3H3/i1D3. The second-order valence-corrected chi connectivity index (χ2v) is 9.35. The maximum Gasteiger partial charge on any atom is 0.147 e. The largest absolute Gasteiger partial charge is 0.292 e. The van der Waals surface area contributed by atoms with Gasteiger partial charge in [0.15, 0.2) is 0 Å². The summed E-state index contributed by atoms with van der Waals surface area (Å²) in [6.45, 7) is 2.15. The fourth-order valence-electron chi connectivity index (χ4n) is 4.80. The summed E-state index contributed by atoms with van der Waals surface area (Å²) >= 11 is 1.61. The SMILES string of the molecule is [2H]C([2H])([2H])c1ccc2scc(-c3nc4ccccc4n3-c3cc(C)c(-c4ccccc4)c(C)c3)c2c1. The van der Waals surface area contributed by atoms with E-state index >= 15 is 0 Å². The molecule has 6 aromatic rings. The molecule has 0 radical (unpaired) electrons. The van der Waals surface area contributed by atoms with Gasteiger partial charge in [0.2, 0.25) is 0 Å². The Morgan fingerprint density at radius 3 is 2.39 bits per heavy atom. The third kappa shape index (κ3) is 3.28. The number of hydrogen-bond acceptors (Lipinski definition) is 2. The lowest BCUT2D eigenvalue weighted by Gasteiger charge is -2.16. The van der Waals surface area contributed by atoms with Gasteiger partial charge in [-0.25, -0.2) is 4.98 Å². The van der Waals surface area contributed by atoms with E-state index in [1.807, 2.05) is 30.3 Å². The minimum atomic E-state index is -2.16. The second kappa shape index (κ2) is 7.72. The average Bonchev–Trinajstić information content (AvgIpc) is 3.44. The predicted octanol–water partition coefficient (Wildman–Crippen LogP) is 8.50. The molecule has 0 aliphatic carbocycles. The average molecular weight is 448 g/mol. The quantitative estimate of drug-likeness (QED) is 0.266. The van der Waals surface area contributed by atoms with E-state index in [1.165, 1.54) is 22.3 Å². The lowest BCUT2D eigenvalue weighted by Crippen LogP contribution is -2.00. The van der Waals surface area contributed by atoms with Gasteiger partial charge < -0.3 is 0 Å². The van der Waals surface area contributed by atoms with Crippen LogP contribution in [0.3, 0.4) is 0 Å². The third-order valence-corrected chi connectivity index (χ3v) is 7.18. The number of thiophene rings is 1. The number of fused-ring (bicyclic) bond motifs is 2. The number of imidazole rings is 1. The highest BCUT2D eigenvalue weighted by atomic mass is 32.1. The van der Waals surface area contributed by atoms with Crippen LogP contribution in [-0.4, -0.2) is 9.55 Å². The van der Waals surface area contributed by atoms with Crippen LogP contribution < -0.4 is 0 Å². The van der Waals surface area contributed by atoms with E-state index in [-0.39, 0.29) is 0 Å². The molecular weight excluding hydrogens is 420 g/mol. The van der Waals surface area contributed by atoms with Crippen molar-refractivity contribution >= 4 is 32.5 Å². The van der Waals surface area contributed by atoms with Gasteiger partial charge in [-0.3, -0.25) is 4.57 Å². The normalized spacial score (nSPS) is 13.2. The zero-order valence-corrected chi connectivity index (χ0v) is 19.3. The van der Waals surface area contributed by atoms with Crippen molar-refractivity contribution < 1.29 is 4.11 Å². The molecule has 0 fully saturated rings. The van der Waals surface area contributed by atoms with Crippen molar-refractivity contribution in [1.29, 1.82) is 0 Å². The summed E-state index contributed by atoms with van der Waals surface area (Å²) < 4.78 is 26.9. The molecule has 0 bridgehead atoms. The van der Waals surface area contributed by atoms with E-state index in [4.69, 9.17) is 9.10 Å². The van der Waals surface area contributed by atoms with E-state index in [0.29, 0.717) is 5.56 Å². The molecular formula is C30H24N2S. The highest BCUT2D eigenvalue weighted by molar-refractivity contribution is 7.17. The second-order valence-electron chi connectivity index (χ2n) is 8.44. The maximum atomic E-state index is 7.90. The number of benzene rings is 4. The maximum absolute atomic E-state index is 7.90. The van der Waals surface area contributed by atoms with Gasteiger partial charge in [-0.1, -0.05) is 54.1 Å². The van der Waals surface area contributed by atoms with E-state index < -0.39 is 6.85 Å². The molecule has 0 saturated heterocycles. The Bertz CT molecular complexity index is 1720. The summed E-state index contributed by atoms with van der Waals surface area (Å²) in [4.78, 5) is 5.04. The first kappa shape index (κ1) is 16.9. The molecule has 2 nitrogen and oxygen atoms in total. The van der Waals surface area contributed by atoms with Crippen molar-refractivity contribution in [2.75, 3.05) is 0 Å². The fraction of sp³-hybridized carbons (Fsp3) is 0.100. The van der Waals surface area contributed by atoms with Crippen LogP contribution in [0.15, 0.2) is 90.3 Å². The number of hydrogen-bond donors (Lipinski definition) is 0. The van der Waals surface area contributed by atoms with Crippen molar-refractivity contribution in [2.24, 2.45) is 0 Å². The number of para-hydroxylation sites is 2. The Morgan fingerprint density at radius 1 is 0.848 bits per heavy atom. The van der Waals surface area contributed by atoms with Crippen molar-refractivity contribution in [2.45, 2.75) is 20.7 Å². The van der Waals surface area contributed by atoms with Gasteiger partial charge >= 0.3 is 0 Å². The van der Waals surface area contributed by atoms with E-state index in [0.717, 1.165) is 38.2 Å². The monoisotopic (exact) mass is 447 g/mol.